The Morgan fingerprint density at radius 3 is 2.83 bits per heavy atom. The number of benzene rings is 1. The van der Waals surface area contributed by atoms with Gasteiger partial charge in [0.05, 0.1) is 5.52 Å². The van der Waals surface area contributed by atoms with Crippen molar-refractivity contribution >= 4 is 28.4 Å². The molecule has 120 valence electrons. The zero-order valence-electron chi connectivity index (χ0n) is 13.6. The van der Waals surface area contributed by atoms with Gasteiger partial charge in [-0.15, -0.1) is 0 Å². The summed E-state index contributed by atoms with van der Waals surface area (Å²) in [5, 5.41) is 6.65. The summed E-state index contributed by atoms with van der Waals surface area (Å²) in [5.74, 6) is -1.11. The van der Waals surface area contributed by atoms with E-state index in [9.17, 15) is 9.59 Å². The molecule has 2 unspecified atom stereocenters. The number of pyridine rings is 1. The van der Waals surface area contributed by atoms with E-state index in [-0.39, 0.29) is 23.1 Å². The number of rotatable bonds is 2. The molecule has 5 heteroatoms. The molecule has 1 aromatic carbocycles. The average molecular weight is 311 g/mol. The van der Waals surface area contributed by atoms with Crippen LogP contribution in [0.5, 0.6) is 0 Å². The predicted molar refractivity (Wildman–Crippen MR) is 89.8 cm³/mol. The molecule has 2 aromatic rings. The van der Waals surface area contributed by atoms with E-state index in [0.717, 1.165) is 10.9 Å². The van der Waals surface area contributed by atoms with E-state index < -0.39 is 5.92 Å². The van der Waals surface area contributed by atoms with Crippen LogP contribution in [-0.2, 0) is 9.59 Å². The molecule has 2 atom stereocenters. The molecule has 1 aliphatic heterocycles. The maximum atomic E-state index is 12.6. The van der Waals surface area contributed by atoms with Gasteiger partial charge in [-0.2, -0.15) is 0 Å². The first-order chi connectivity index (χ1) is 10.9. The molecule has 2 heterocycles. The molecule has 3 rings (SSSR count). The Bertz CT molecular complexity index is 764. The third kappa shape index (κ3) is 3.04. The van der Waals surface area contributed by atoms with Gasteiger partial charge in [0, 0.05) is 29.7 Å². The predicted octanol–water partition coefficient (Wildman–Crippen LogP) is 2.58. The highest BCUT2D eigenvalue weighted by molar-refractivity contribution is 6.08. The lowest BCUT2D eigenvalue weighted by atomic mass is 9.74. The van der Waals surface area contributed by atoms with E-state index in [0.29, 0.717) is 12.2 Å². The lowest BCUT2D eigenvalue weighted by Crippen LogP contribution is -2.37. The summed E-state index contributed by atoms with van der Waals surface area (Å²) in [6, 6.07) is 9.35. The summed E-state index contributed by atoms with van der Waals surface area (Å²) < 4.78 is 0. The van der Waals surface area contributed by atoms with Gasteiger partial charge in [0.2, 0.25) is 11.8 Å². The minimum absolute atomic E-state index is 0.0166. The highest BCUT2D eigenvalue weighted by Gasteiger charge is 2.45. The molecule has 1 aromatic heterocycles. The Hall–Kier alpha value is -2.43. The second-order valence-electron chi connectivity index (χ2n) is 7.10. The third-order valence-electron chi connectivity index (χ3n) is 4.45. The van der Waals surface area contributed by atoms with Crippen molar-refractivity contribution in [1.29, 1.82) is 0 Å². The molecule has 1 saturated heterocycles. The normalized spacial score (nSPS) is 21.3. The van der Waals surface area contributed by atoms with Gasteiger partial charge in [0.25, 0.3) is 0 Å². The molecule has 1 aliphatic rings. The van der Waals surface area contributed by atoms with Crippen LogP contribution in [0, 0.1) is 17.3 Å². The van der Waals surface area contributed by atoms with Gasteiger partial charge < -0.3 is 10.6 Å². The van der Waals surface area contributed by atoms with Crippen LogP contribution in [0.3, 0.4) is 0 Å². The summed E-state index contributed by atoms with van der Waals surface area (Å²) in [7, 11) is 0. The zero-order chi connectivity index (χ0) is 16.6. The zero-order valence-corrected chi connectivity index (χ0v) is 13.6. The van der Waals surface area contributed by atoms with Crippen molar-refractivity contribution in [2.75, 3.05) is 11.9 Å². The average Bonchev–Trinajstić information content (AvgIpc) is 2.89. The SMILES string of the molecule is CC(C)(C)C1CNC(=O)C1C(=O)Nc1ccc2ncccc2c1. The number of anilines is 1. The number of nitrogens with one attached hydrogen (secondary N) is 2. The van der Waals surface area contributed by atoms with E-state index in [4.69, 9.17) is 0 Å². The quantitative estimate of drug-likeness (QED) is 0.837. The number of hydrogen-bond acceptors (Lipinski definition) is 3. The van der Waals surface area contributed by atoms with Gasteiger partial charge in [-0.3, -0.25) is 14.6 Å². The van der Waals surface area contributed by atoms with Gasteiger partial charge in [-0.1, -0.05) is 26.8 Å². The summed E-state index contributed by atoms with van der Waals surface area (Å²) in [5.41, 5.74) is 1.44. The van der Waals surface area contributed by atoms with Crippen LogP contribution in [0.2, 0.25) is 0 Å². The van der Waals surface area contributed by atoms with Crippen molar-refractivity contribution < 1.29 is 9.59 Å². The first-order valence-electron chi connectivity index (χ1n) is 7.79. The van der Waals surface area contributed by atoms with Gasteiger partial charge in [-0.25, -0.2) is 0 Å². The van der Waals surface area contributed by atoms with Crippen LogP contribution in [0.15, 0.2) is 36.5 Å². The maximum Gasteiger partial charge on any atom is 0.237 e. The fraction of sp³-hybridized carbons (Fsp3) is 0.389. The van der Waals surface area contributed by atoms with Crippen molar-refractivity contribution in [2.24, 2.45) is 17.3 Å². The van der Waals surface area contributed by atoms with Crippen molar-refractivity contribution in [3.05, 3.63) is 36.5 Å². The molecule has 0 radical (unpaired) electrons. The first-order valence-corrected chi connectivity index (χ1v) is 7.79. The van der Waals surface area contributed by atoms with E-state index in [1.165, 1.54) is 0 Å². The molecule has 23 heavy (non-hydrogen) atoms. The summed E-state index contributed by atoms with van der Waals surface area (Å²) >= 11 is 0. The summed E-state index contributed by atoms with van der Waals surface area (Å²) in [6.45, 7) is 6.71. The number of carbonyl (C=O) groups excluding carboxylic acids is 2. The molecule has 2 amide bonds. The molecule has 0 aliphatic carbocycles. The van der Waals surface area contributed by atoms with Crippen LogP contribution in [0.25, 0.3) is 10.9 Å². The molecular formula is C18H21N3O2. The summed E-state index contributed by atoms with van der Waals surface area (Å²) in [6.07, 6.45) is 1.73. The Morgan fingerprint density at radius 1 is 1.30 bits per heavy atom. The number of fused-ring (bicyclic) bond motifs is 1. The van der Waals surface area contributed by atoms with E-state index >= 15 is 0 Å². The molecule has 0 spiro atoms. The Morgan fingerprint density at radius 2 is 2.09 bits per heavy atom. The van der Waals surface area contributed by atoms with E-state index in [1.54, 1.807) is 6.20 Å². The van der Waals surface area contributed by atoms with Crippen LogP contribution in [-0.4, -0.2) is 23.3 Å². The Labute approximate surface area is 135 Å². The standard InChI is InChI=1S/C18H21N3O2/c1-18(2,3)13-10-20-16(22)15(13)17(23)21-12-6-7-14-11(9-12)5-4-8-19-14/h4-9,13,15H,10H2,1-3H3,(H,20,22)(H,21,23). The van der Waals surface area contributed by atoms with Gasteiger partial charge in [-0.05, 0) is 29.7 Å². The number of nitrogens with zero attached hydrogens (tertiary/aromatic N) is 1. The topological polar surface area (TPSA) is 71.1 Å². The largest absolute Gasteiger partial charge is 0.355 e. The van der Waals surface area contributed by atoms with Gasteiger partial charge in [0.15, 0.2) is 0 Å². The van der Waals surface area contributed by atoms with E-state index in [1.807, 2.05) is 30.3 Å². The number of carbonyl (C=O) groups is 2. The highest BCUT2D eigenvalue weighted by atomic mass is 16.2. The van der Waals surface area contributed by atoms with Crippen molar-refractivity contribution in [3.63, 3.8) is 0 Å². The molecule has 0 bridgehead atoms. The second kappa shape index (κ2) is 5.65. The number of aromatic nitrogens is 1. The molecule has 1 fully saturated rings. The van der Waals surface area contributed by atoms with E-state index in [2.05, 4.69) is 36.4 Å². The first kappa shape index (κ1) is 15.5. The highest BCUT2D eigenvalue weighted by Crippen LogP contribution is 2.35. The lowest BCUT2D eigenvalue weighted by molar-refractivity contribution is -0.132. The van der Waals surface area contributed by atoms with Crippen molar-refractivity contribution in [1.82, 2.24) is 10.3 Å². The number of amides is 2. The lowest BCUT2D eigenvalue weighted by Gasteiger charge is -2.29. The second-order valence-corrected chi connectivity index (χ2v) is 7.10. The maximum absolute atomic E-state index is 12.6. The Kier molecular flexibility index (Phi) is 3.80. The van der Waals surface area contributed by atoms with Gasteiger partial charge >= 0.3 is 0 Å². The van der Waals surface area contributed by atoms with Crippen LogP contribution in [0.1, 0.15) is 20.8 Å². The molecule has 0 saturated carbocycles. The van der Waals surface area contributed by atoms with Gasteiger partial charge in [0.1, 0.15) is 5.92 Å². The van der Waals surface area contributed by atoms with Crippen LogP contribution < -0.4 is 10.6 Å². The third-order valence-corrected chi connectivity index (χ3v) is 4.45. The number of hydrogen-bond donors (Lipinski definition) is 2. The van der Waals surface area contributed by atoms with Crippen molar-refractivity contribution in [2.45, 2.75) is 20.8 Å². The molecule has 2 N–H and O–H groups in total. The molecular weight excluding hydrogens is 290 g/mol. The van der Waals surface area contributed by atoms with Crippen molar-refractivity contribution in [3.8, 4) is 0 Å². The van der Waals surface area contributed by atoms with Crippen LogP contribution in [0.4, 0.5) is 5.69 Å². The Balaban J connectivity index is 1.83. The fourth-order valence-electron chi connectivity index (χ4n) is 3.10. The molecule has 5 nitrogen and oxygen atoms in total. The fourth-order valence-corrected chi connectivity index (χ4v) is 3.10. The smallest absolute Gasteiger partial charge is 0.237 e. The minimum atomic E-state index is -0.653. The minimum Gasteiger partial charge on any atom is -0.355 e. The summed E-state index contributed by atoms with van der Waals surface area (Å²) in [4.78, 5) is 29.0. The van der Waals surface area contributed by atoms with Crippen LogP contribution >= 0.6 is 0 Å². The monoisotopic (exact) mass is 311 g/mol.